The van der Waals surface area contributed by atoms with Crippen LogP contribution < -0.4 is 10.5 Å². The summed E-state index contributed by atoms with van der Waals surface area (Å²) in [5, 5.41) is 12.8. The maximum atomic E-state index is 12.3. The van der Waals surface area contributed by atoms with Gasteiger partial charge in [-0.1, -0.05) is 30.1 Å². The summed E-state index contributed by atoms with van der Waals surface area (Å²) in [6.45, 7) is 1.87. The van der Waals surface area contributed by atoms with E-state index in [1.165, 1.54) is 11.8 Å². The zero-order chi connectivity index (χ0) is 18.1. The number of nitrogens with zero attached hydrogens (tertiary/aromatic N) is 3. The van der Waals surface area contributed by atoms with E-state index < -0.39 is 12.1 Å². The molecule has 0 spiro atoms. The Morgan fingerprint density at radius 3 is 2.42 bits per heavy atom. The number of halogens is 5. The predicted molar refractivity (Wildman–Crippen MR) is 85.8 cm³/mol. The maximum Gasteiger partial charge on any atom is 0.573 e. The molecular formula is C13H9Cl2F3N4OS. The van der Waals surface area contributed by atoms with Gasteiger partial charge in [-0.05, 0) is 5.75 Å². The third-order valence-corrected chi connectivity index (χ3v) is 4.26. The molecule has 0 unspecified atom stereocenters. The molecule has 1 aromatic carbocycles. The topological polar surface area (TPSA) is 76.9 Å². The fourth-order valence-electron chi connectivity index (χ4n) is 1.88. The van der Waals surface area contributed by atoms with Crippen molar-refractivity contribution in [3.05, 3.63) is 27.9 Å². The number of ether oxygens (including phenoxy) is 1. The number of thioether (sulfide) groups is 1. The number of benzene rings is 1. The van der Waals surface area contributed by atoms with E-state index in [0.29, 0.717) is 10.6 Å². The highest BCUT2D eigenvalue weighted by Gasteiger charge is 2.32. The van der Waals surface area contributed by atoms with Crippen LogP contribution in [0.15, 0.2) is 17.0 Å². The summed E-state index contributed by atoms with van der Waals surface area (Å²) < 4.78 is 41.8. The van der Waals surface area contributed by atoms with Crippen LogP contribution in [0.4, 0.5) is 19.0 Å². The Labute approximate surface area is 149 Å². The summed E-state index contributed by atoms with van der Waals surface area (Å²) in [6.07, 6.45) is -4.88. The number of hydrogen-bond donors (Lipinski definition) is 1. The van der Waals surface area contributed by atoms with E-state index in [0.717, 1.165) is 16.8 Å². The summed E-state index contributed by atoms with van der Waals surface area (Å²) in [5.41, 5.74) is 6.11. The van der Waals surface area contributed by atoms with Crippen LogP contribution in [0.25, 0.3) is 5.69 Å². The SMILES string of the molecule is CCSc1c(C#N)nn(-c2c(Cl)cc(OC(F)(F)F)cc2Cl)c1N. The maximum absolute atomic E-state index is 12.3. The number of nitrogen functional groups attached to an aromatic ring is 1. The summed E-state index contributed by atoms with van der Waals surface area (Å²) >= 11 is 13.3. The van der Waals surface area contributed by atoms with E-state index in [4.69, 9.17) is 34.2 Å². The quantitative estimate of drug-likeness (QED) is 0.761. The molecule has 1 aromatic heterocycles. The molecule has 0 amide bonds. The van der Waals surface area contributed by atoms with Gasteiger partial charge in [0.2, 0.25) is 0 Å². The standard InChI is InChI=1S/C13H9Cl2F3N4OS/c1-2-24-11-9(5-19)21-22(12(11)20)10-7(14)3-6(4-8(10)15)23-13(16,17)18/h3-4H,2,20H2,1H3. The van der Waals surface area contributed by atoms with E-state index in [2.05, 4.69) is 9.84 Å². The molecule has 2 aromatic rings. The van der Waals surface area contributed by atoms with Gasteiger partial charge in [-0.3, -0.25) is 0 Å². The largest absolute Gasteiger partial charge is 0.573 e. The number of nitriles is 1. The molecule has 0 bridgehead atoms. The van der Waals surface area contributed by atoms with Crippen molar-refractivity contribution >= 4 is 40.8 Å². The lowest BCUT2D eigenvalue weighted by Crippen LogP contribution is -2.17. The zero-order valence-corrected chi connectivity index (χ0v) is 14.3. The van der Waals surface area contributed by atoms with Crippen molar-refractivity contribution in [3.63, 3.8) is 0 Å². The van der Waals surface area contributed by atoms with Crippen molar-refractivity contribution in [1.29, 1.82) is 5.26 Å². The van der Waals surface area contributed by atoms with E-state index >= 15 is 0 Å². The van der Waals surface area contributed by atoms with Gasteiger partial charge in [0.1, 0.15) is 23.3 Å². The first kappa shape index (κ1) is 18.6. The molecule has 2 N–H and O–H groups in total. The number of anilines is 1. The minimum atomic E-state index is -4.88. The lowest BCUT2D eigenvalue weighted by atomic mass is 10.3. The van der Waals surface area contributed by atoms with Crippen LogP contribution in [-0.2, 0) is 0 Å². The molecule has 0 radical (unpaired) electrons. The Bertz CT molecular complexity index is 794. The summed E-state index contributed by atoms with van der Waals surface area (Å²) in [7, 11) is 0. The number of hydrogen-bond acceptors (Lipinski definition) is 5. The van der Waals surface area contributed by atoms with Gasteiger partial charge in [0.25, 0.3) is 0 Å². The van der Waals surface area contributed by atoms with Gasteiger partial charge in [-0.25, -0.2) is 4.68 Å². The Hall–Kier alpha value is -1.76. The summed E-state index contributed by atoms with van der Waals surface area (Å²) in [6, 6.07) is 3.78. The molecule has 5 nitrogen and oxygen atoms in total. The zero-order valence-electron chi connectivity index (χ0n) is 12.0. The normalized spacial score (nSPS) is 11.4. The van der Waals surface area contributed by atoms with Crippen LogP contribution in [0.2, 0.25) is 10.0 Å². The van der Waals surface area contributed by atoms with Crippen molar-refractivity contribution in [2.24, 2.45) is 0 Å². The molecular weight excluding hydrogens is 388 g/mol. The molecule has 0 saturated carbocycles. The van der Waals surface area contributed by atoms with Crippen molar-refractivity contribution in [2.45, 2.75) is 18.2 Å². The molecule has 0 saturated heterocycles. The molecule has 128 valence electrons. The molecule has 0 fully saturated rings. The lowest BCUT2D eigenvalue weighted by Gasteiger charge is -2.13. The van der Waals surface area contributed by atoms with Crippen LogP contribution in [0.5, 0.6) is 5.75 Å². The minimum Gasteiger partial charge on any atom is -0.406 e. The number of aromatic nitrogens is 2. The predicted octanol–water partition coefficient (Wildman–Crippen LogP) is 4.64. The molecule has 2 rings (SSSR count). The Morgan fingerprint density at radius 2 is 1.96 bits per heavy atom. The van der Waals surface area contributed by atoms with Crippen LogP contribution in [0.1, 0.15) is 12.6 Å². The second-order valence-electron chi connectivity index (χ2n) is 4.30. The fraction of sp³-hybridized carbons (Fsp3) is 0.231. The fourth-order valence-corrected chi connectivity index (χ4v) is 3.26. The van der Waals surface area contributed by atoms with Crippen molar-refractivity contribution in [1.82, 2.24) is 9.78 Å². The molecule has 11 heteroatoms. The smallest absolute Gasteiger partial charge is 0.406 e. The van der Waals surface area contributed by atoms with Gasteiger partial charge < -0.3 is 10.5 Å². The first-order chi connectivity index (χ1) is 11.2. The van der Waals surface area contributed by atoms with Crippen LogP contribution in [-0.4, -0.2) is 21.9 Å². The Morgan fingerprint density at radius 1 is 1.38 bits per heavy atom. The van der Waals surface area contributed by atoms with Crippen molar-refractivity contribution < 1.29 is 17.9 Å². The molecule has 1 heterocycles. The number of rotatable bonds is 4. The number of alkyl halides is 3. The highest BCUT2D eigenvalue weighted by molar-refractivity contribution is 7.99. The monoisotopic (exact) mass is 396 g/mol. The average molecular weight is 397 g/mol. The van der Waals surface area contributed by atoms with E-state index in [9.17, 15) is 13.2 Å². The van der Waals surface area contributed by atoms with Crippen LogP contribution >= 0.6 is 35.0 Å². The molecule has 0 aliphatic heterocycles. The highest BCUT2D eigenvalue weighted by Crippen LogP contribution is 2.38. The minimum absolute atomic E-state index is 0.0600. The molecule has 24 heavy (non-hydrogen) atoms. The third kappa shape index (κ3) is 3.83. The van der Waals surface area contributed by atoms with Gasteiger partial charge in [0, 0.05) is 12.1 Å². The van der Waals surface area contributed by atoms with Crippen molar-refractivity contribution in [2.75, 3.05) is 11.5 Å². The molecule has 0 atom stereocenters. The second kappa shape index (κ2) is 7.01. The summed E-state index contributed by atoms with van der Waals surface area (Å²) in [5.74, 6) is 0.187. The first-order valence-corrected chi connectivity index (χ1v) is 8.08. The van der Waals surface area contributed by atoms with Crippen molar-refractivity contribution in [3.8, 4) is 17.5 Å². The third-order valence-electron chi connectivity index (χ3n) is 2.71. The Balaban J connectivity index is 2.56. The van der Waals surface area contributed by atoms with Gasteiger partial charge in [0.05, 0.1) is 14.9 Å². The van der Waals surface area contributed by atoms with Gasteiger partial charge >= 0.3 is 6.36 Å². The van der Waals surface area contributed by atoms with Gasteiger partial charge in [-0.2, -0.15) is 10.4 Å². The van der Waals surface area contributed by atoms with E-state index in [1.54, 1.807) is 0 Å². The van der Waals surface area contributed by atoms with E-state index in [-0.39, 0.29) is 27.2 Å². The first-order valence-electron chi connectivity index (χ1n) is 6.34. The van der Waals surface area contributed by atoms with Gasteiger partial charge in [-0.15, -0.1) is 24.9 Å². The van der Waals surface area contributed by atoms with E-state index in [1.807, 2.05) is 13.0 Å². The second-order valence-corrected chi connectivity index (χ2v) is 6.39. The molecule has 0 aliphatic carbocycles. The molecule has 0 aliphatic rings. The van der Waals surface area contributed by atoms with Crippen LogP contribution in [0, 0.1) is 11.3 Å². The number of nitrogens with two attached hydrogens (primary N) is 1. The summed E-state index contributed by atoms with van der Waals surface area (Å²) in [4.78, 5) is 0.447. The average Bonchev–Trinajstić information content (AvgIpc) is 2.74. The van der Waals surface area contributed by atoms with Gasteiger partial charge in [0.15, 0.2) is 5.69 Å². The highest BCUT2D eigenvalue weighted by atomic mass is 35.5. The lowest BCUT2D eigenvalue weighted by molar-refractivity contribution is -0.274. The van der Waals surface area contributed by atoms with Crippen LogP contribution in [0.3, 0.4) is 0 Å². The Kier molecular flexibility index (Phi) is 5.42.